The summed E-state index contributed by atoms with van der Waals surface area (Å²) in [4.78, 5) is 1.76. The summed E-state index contributed by atoms with van der Waals surface area (Å²) in [5, 5.41) is 0. The van der Waals surface area contributed by atoms with Crippen LogP contribution in [-0.2, 0) is 0 Å². The summed E-state index contributed by atoms with van der Waals surface area (Å²) in [5.74, 6) is 1.24. The van der Waals surface area contributed by atoms with Crippen LogP contribution in [0.4, 0.5) is 8.78 Å². The lowest BCUT2D eigenvalue weighted by atomic mass is 10.3. The van der Waals surface area contributed by atoms with Crippen LogP contribution in [0.2, 0.25) is 0 Å². The highest BCUT2D eigenvalue weighted by Crippen LogP contribution is 2.32. The van der Waals surface area contributed by atoms with E-state index < -0.39 is 6.43 Å². The molecule has 0 heterocycles. The van der Waals surface area contributed by atoms with Crippen LogP contribution in [0.3, 0.4) is 0 Å². The molecule has 0 unspecified atom stereocenters. The zero-order chi connectivity index (χ0) is 9.68. The zero-order valence-corrected chi connectivity index (χ0v) is 8.44. The van der Waals surface area contributed by atoms with Crippen LogP contribution in [0.15, 0.2) is 0 Å². The van der Waals surface area contributed by atoms with Crippen molar-refractivity contribution in [3.05, 3.63) is 0 Å². The molecule has 0 atom stereocenters. The van der Waals surface area contributed by atoms with Gasteiger partial charge in [0.25, 0.3) is 6.43 Å². The molecule has 0 bridgehead atoms. The molecule has 78 valence electrons. The van der Waals surface area contributed by atoms with E-state index in [4.69, 9.17) is 11.6 Å². The van der Waals surface area contributed by atoms with Gasteiger partial charge in [0.1, 0.15) is 0 Å². The van der Waals surface area contributed by atoms with Crippen molar-refractivity contribution in [2.24, 2.45) is 5.92 Å². The largest absolute Gasteiger partial charge is 0.297 e. The molecular formula is C9H16ClF2N. The lowest BCUT2D eigenvalue weighted by Gasteiger charge is -2.20. The third-order valence-electron chi connectivity index (χ3n) is 2.35. The third-order valence-corrected chi connectivity index (χ3v) is 2.52. The molecule has 1 aliphatic rings. The molecule has 0 amide bonds. The van der Waals surface area contributed by atoms with Gasteiger partial charge in [0.05, 0.1) is 6.54 Å². The van der Waals surface area contributed by atoms with E-state index >= 15 is 0 Å². The second kappa shape index (κ2) is 5.76. The summed E-state index contributed by atoms with van der Waals surface area (Å²) in [6, 6.07) is 0. The lowest BCUT2D eigenvalue weighted by Crippen LogP contribution is -2.31. The van der Waals surface area contributed by atoms with Gasteiger partial charge >= 0.3 is 0 Å². The maximum absolute atomic E-state index is 12.1. The molecule has 13 heavy (non-hydrogen) atoms. The first-order valence-electron chi connectivity index (χ1n) is 4.79. The lowest BCUT2D eigenvalue weighted by molar-refractivity contribution is 0.0898. The molecular weight excluding hydrogens is 196 g/mol. The van der Waals surface area contributed by atoms with Gasteiger partial charge in [0.2, 0.25) is 0 Å². The first-order valence-corrected chi connectivity index (χ1v) is 5.32. The van der Waals surface area contributed by atoms with Gasteiger partial charge in [-0.3, -0.25) is 4.90 Å². The Hall–Kier alpha value is 0.110. The normalized spacial score (nSPS) is 17.3. The fourth-order valence-corrected chi connectivity index (χ4v) is 1.62. The molecule has 1 fully saturated rings. The average molecular weight is 212 g/mol. The van der Waals surface area contributed by atoms with Crippen LogP contribution < -0.4 is 0 Å². The Morgan fingerprint density at radius 3 is 2.46 bits per heavy atom. The number of nitrogens with zero attached hydrogens (tertiary/aromatic N) is 1. The van der Waals surface area contributed by atoms with Gasteiger partial charge in [0, 0.05) is 12.4 Å². The summed E-state index contributed by atoms with van der Waals surface area (Å²) in [7, 11) is 0. The molecule has 1 aliphatic carbocycles. The highest BCUT2D eigenvalue weighted by molar-refractivity contribution is 6.18. The topological polar surface area (TPSA) is 3.24 Å². The zero-order valence-electron chi connectivity index (χ0n) is 7.69. The molecule has 1 rings (SSSR count). The van der Waals surface area contributed by atoms with Gasteiger partial charge in [-0.2, -0.15) is 0 Å². The number of halogens is 3. The van der Waals surface area contributed by atoms with Gasteiger partial charge < -0.3 is 0 Å². The van der Waals surface area contributed by atoms with E-state index in [-0.39, 0.29) is 6.54 Å². The minimum absolute atomic E-state index is 0.126. The maximum atomic E-state index is 12.1. The first kappa shape index (κ1) is 11.2. The molecule has 0 aliphatic heterocycles. The van der Waals surface area contributed by atoms with Crippen molar-refractivity contribution in [3.8, 4) is 0 Å². The highest BCUT2D eigenvalue weighted by atomic mass is 35.5. The highest BCUT2D eigenvalue weighted by Gasteiger charge is 2.22. The minimum atomic E-state index is -2.23. The molecule has 0 saturated heterocycles. The molecule has 4 heteroatoms. The Morgan fingerprint density at radius 1 is 1.31 bits per heavy atom. The van der Waals surface area contributed by atoms with Crippen molar-refractivity contribution in [1.29, 1.82) is 0 Å². The van der Waals surface area contributed by atoms with Crippen LogP contribution in [0.5, 0.6) is 0 Å². The van der Waals surface area contributed by atoms with E-state index in [0.29, 0.717) is 12.4 Å². The van der Waals surface area contributed by atoms with Crippen LogP contribution in [0.25, 0.3) is 0 Å². The fourth-order valence-electron chi connectivity index (χ4n) is 1.38. The van der Waals surface area contributed by atoms with Crippen molar-refractivity contribution >= 4 is 11.6 Å². The average Bonchev–Trinajstić information content (AvgIpc) is 2.82. The molecule has 1 nitrogen and oxygen atoms in total. The Labute approximate surface area is 83.0 Å². The van der Waals surface area contributed by atoms with Crippen molar-refractivity contribution in [2.75, 3.05) is 25.5 Å². The van der Waals surface area contributed by atoms with Crippen molar-refractivity contribution in [3.63, 3.8) is 0 Å². The van der Waals surface area contributed by atoms with Gasteiger partial charge in [-0.1, -0.05) is 12.8 Å². The summed E-state index contributed by atoms with van der Waals surface area (Å²) < 4.78 is 24.1. The van der Waals surface area contributed by atoms with Crippen LogP contribution in [0, 0.1) is 5.92 Å². The Balaban J connectivity index is 2.11. The predicted molar refractivity (Wildman–Crippen MR) is 50.5 cm³/mol. The minimum Gasteiger partial charge on any atom is -0.297 e. The van der Waals surface area contributed by atoms with E-state index in [1.165, 1.54) is 12.8 Å². The van der Waals surface area contributed by atoms with Crippen molar-refractivity contribution in [1.82, 2.24) is 4.90 Å². The molecule has 0 radical (unpaired) electrons. The summed E-state index contributed by atoms with van der Waals surface area (Å²) in [6.07, 6.45) is 1.39. The SMILES string of the molecule is FC(F)CN(CCCl)CCC1CC1. The van der Waals surface area contributed by atoms with Gasteiger partial charge in [-0.15, -0.1) is 11.6 Å². The molecule has 0 aromatic rings. The van der Waals surface area contributed by atoms with Crippen LogP contribution in [0.1, 0.15) is 19.3 Å². The van der Waals surface area contributed by atoms with E-state index in [9.17, 15) is 8.78 Å². The summed E-state index contributed by atoms with van der Waals surface area (Å²) in [6.45, 7) is 1.24. The fraction of sp³-hybridized carbons (Fsp3) is 1.00. The molecule has 0 spiro atoms. The molecule has 1 saturated carbocycles. The second-order valence-corrected chi connectivity index (χ2v) is 3.99. The molecule has 0 aromatic carbocycles. The van der Waals surface area contributed by atoms with Crippen molar-refractivity contribution < 1.29 is 8.78 Å². The standard InChI is InChI=1S/C9H16ClF2N/c10-4-6-13(7-9(11)12)5-3-8-1-2-8/h8-9H,1-7H2. The van der Waals surface area contributed by atoms with Crippen LogP contribution >= 0.6 is 11.6 Å². The smallest absolute Gasteiger partial charge is 0.251 e. The first-order chi connectivity index (χ1) is 6.22. The van der Waals surface area contributed by atoms with Gasteiger partial charge in [-0.05, 0) is 18.9 Å². The Morgan fingerprint density at radius 2 is 2.00 bits per heavy atom. The van der Waals surface area contributed by atoms with Gasteiger partial charge in [0.15, 0.2) is 0 Å². The summed E-state index contributed by atoms with van der Waals surface area (Å²) in [5.41, 5.74) is 0. The number of rotatable bonds is 7. The predicted octanol–water partition coefficient (Wildman–Crippen LogP) is 2.59. The van der Waals surface area contributed by atoms with E-state index in [0.717, 1.165) is 18.9 Å². The number of alkyl halides is 3. The third kappa shape index (κ3) is 5.42. The molecule has 0 aromatic heterocycles. The van der Waals surface area contributed by atoms with Crippen molar-refractivity contribution in [2.45, 2.75) is 25.7 Å². The summed E-state index contributed by atoms with van der Waals surface area (Å²) >= 11 is 5.52. The Kier molecular flexibility index (Phi) is 4.96. The van der Waals surface area contributed by atoms with E-state index in [1.54, 1.807) is 4.90 Å². The quantitative estimate of drug-likeness (QED) is 0.585. The molecule has 0 N–H and O–H groups in total. The number of hydrogen-bond donors (Lipinski definition) is 0. The monoisotopic (exact) mass is 211 g/mol. The second-order valence-electron chi connectivity index (χ2n) is 3.61. The van der Waals surface area contributed by atoms with Gasteiger partial charge in [-0.25, -0.2) is 8.78 Å². The van der Waals surface area contributed by atoms with Crippen LogP contribution in [-0.4, -0.2) is 36.8 Å². The number of hydrogen-bond acceptors (Lipinski definition) is 1. The van der Waals surface area contributed by atoms with E-state index in [2.05, 4.69) is 0 Å². The Bertz CT molecular complexity index is 140. The maximum Gasteiger partial charge on any atom is 0.251 e. The van der Waals surface area contributed by atoms with E-state index in [1.807, 2.05) is 0 Å².